The first-order valence-electron chi connectivity index (χ1n) is 7.38. The Bertz CT molecular complexity index is 733. The predicted molar refractivity (Wildman–Crippen MR) is 75.1 cm³/mol. The minimum absolute atomic E-state index is 0.0875. The molecule has 1 heterocycles. The fraction of sp³-hybridized carbons (Fsp3) is 0.467. The van der Waals surface area contributed by atoms with E-state index < -0.39 is 35.3 Å². The molecule has 1 fully saturated rings. The van der Waals surface area contributed by atoms with Crippen molar-refractivity contribution in [2.24, 2.45) is 16.1 Å². The van der Waals surface area contributed by atoms with Crippen molar-refractivity contribution in [2.75, 3.05) is 0 Å². The summed E-state index contributed by atoms with van der Waals surface area (Å²) in [6.45, 7) is -0.0875. The third-order valence-corrected chi connectivity index (χ3v) is 4.40. The fourth-order valence-corrected chi connectivity index (χ4v) is 2.72. The number of halogens is 4. The van der Waals surface area contributed by atoms with Crippen LogP contribution < -0.4 is 5.32 Å². The largest absolute Gasteiger partial charge is 0.481 e. The maximum Gasteiger partial charge on any atom is 0.442 e. The molecule has 1 amide bonds. The number of hydrogen-bond acceptors (Lipinski definition) is 4. The Morgan fingerprint density at radius 1 is 1.20 bits per heavy atom. The molecule has 2 aliphatic rings. The zero-order valence-electron chi connectivity index (χ0n) is 12.7. The highest BCUT2D eigenvalue weighted by Crippen LogP contribution is 2.52. The zero-order chi connectivity index (χ0) is 18.5. The normalized spacial score (nSPS) is 26.6. The highest BCUT2D eigenvalue weighted by molar-refractivity contribution is 5.88. The van der Waals surface area contributed by atoms with Crippen LogP contribution in [0.2, 0.25) is 0 Å². The van der Waals surface area contributed by atoms with Gasteiger partial charge in [-0.3, -0.25) is 9.59 Å². The lowest BCUT2D eigenvalue weighted by atomic mass is 9.72. The molecule has 1 saturated carbocycles. The molecule has 134 valence electrons. The molecule has 25 heavy (non-hydrogen) atoms. The van der Waals surface area contributed by atoms with Gasteiger partial charge in [0, 0.05) is 24.9 Å². The molecule has 1 aliphatic heterocycles. The van der Waals surface area contributed by atoms with Crippen LogP contribution in [0.1, 0.15) is 24.0 Å². The van der Waals surface area contributed by atoms with Gasteiger partial charge < -0.3 is 10.4 Å². The first-order chi connectivity index (χ1) is 11.6. The third-order valence-electron chi connectivity index (χ3n) is 4.40. The molecule has 10 heteroatoms. The molecule has 0 aromatic heterocycles. The van der Waals surface area contributed by atoms with E-state index in [-0.39, 0.29) is 24.9 Å². The number of nitrogens with one attached hydrogen (secondary N) is 1. The molecular formula is C15H13F4N3O3. The molecule has 0 unspecified atom stereocenters. The van der Waals surface area contributed by atoms with Gasteiger partial charge in [0.15, 0.2) is 5.67 Å². The standard InChI is InChI=1S/C15H13F4N3O3/c16-13(5-9(6-13)11(23)24)12(25)20-7-8-1-3-10(4-2-8)14(21-22-14)15(17,18)19/h1-4,9H,5-7H2,(H,20,25)(H,23,24). The Balaban J connectivity index is 1.57. The van der Waals surface area contributed by atoms with Crippen molar-refractivity contribution in [3.63, 3.8) is 0 Å². The highest BCUT2D eigenvalue weighted by Gasteiger charge is 2.65. The number of nitrogens with zero attached hydrogens (tertiary/aromatic N) is 2. The van der Waals surface area contributed by atoms with E-state index in [1.807, 2.05) is 0 Å². The van der Waals surface area contributed by atoms with Gasteiger partial charge in [0.1, 0.15) is 0 Å². The molecule has 0 spiro atoms. The lowest BCUT2D eigenvalue weighted by Gasteiger charge is -2.37. The Hall–Kier alpha value is -2.52. The van der Waals surface area contributed by atoms with Gasteiger partial charge in [0.05, 0.1) is 5.92 Å². The molecule has 2 N–H and O–H groups in total. The maximum absolute atomic E-state index is 14.1. The average Bonchev–Trinajstić information content (AvgIpc) is 3.31. The summed E-state index contributed by atoms with van der Waals surface area (Å²) in [5, 5.41) is 17.2. The Kier molecular flexibility index (Phi) is 3.81. The first kappa shape index (κ1) is 17.3. The van der Waals surface area contributed by atoms with Crippen molar-refractivity contribution in [2.45, 2.75) is 36.9 Å². The number of amides is 1. The summed E-state index contributed by atoms with van der Waals surface area (Å²) in [4.78, 5) is 22.5. The maximum atomic E-state index is 14.1. The van der Waals surface area contributed by atoms with Crippen LogP contribution in [0.25, 0.3) is 0 Å². The lowest BCUT2D eigenvalue weighted by molar-refractivity contribution is -0.166. The molecule has 0 saturated heterocycles. The van der Waals surface area contributed by atoms with Gasteiger partial charge >= 0.3 is 17.8 Å². The number of rotatable bonds is 5. The topological polar surface area (TPSA) is 91.1 Å². The van der Waals surface area contributed by atoms with Crippen LogP contribution >= 0.6 is 0 Å². The van der Waals surface area contributed by atoms with Gasteiger partial charge in [-0.15, -0.1) is 10.2 Å². The quantitative estimate of drug-likeness (QED) is 0.792. The second kappa shape index (κ2) is 5.50. The van der Waals surface area contributed by atoms with Crippen LogP contribution in [0, 0.1) is 5.92 Å². The van der Waals surface area contributed by atoms with Crippen molar-refractivity contribution in [1.82, 2.24) is 5.32 Å². The van der Waals surface area contributed by atoms with Gasteiger partial charge in [-0.2, -0.15) is 13.2 Å². The summed E-state index contributed by atoms with van der Waals surface area (Å²) >= 11 is 0. The van der Waals surface area contributed by atoms with Crippen LogP contribution in [0.3, 0.4) is 0 Å². The number of hydrogen-bond donors (Lipinski definition) is 2. The van der Waals surface area contributed by atoms with Gasteiger partial charge in [-0.05, 0) is 5.56 Å². The molecule has 0 radical (unpaired) electrons. The minimum atomic E-state index is -4.62. The molecule has 6 nitrogen and oxygen atoms in total. The Labute approximate surface area is 138 Å². The monoisotopic (exact) mass is 359 g/mol. The average molecular weight is 359 g/mol. The van der Waals surface area contributed by atoms with Crippen LogP contribution in [-0.2, 0) is 21.8 Å². The molecule has 1 aliphatic carbocycles. The zero-order valence-corrected chi connectivity index (χ0v) is 12.7. The summed E-state index contributed by atoms with van der Waals surface area (Å²) in [5.74, 6) is -2.95. The Morgan fingerprint density at radius 2 is 1.76 bits per heavy atom. The summed E-state index contributed by atoms with van der Waals surface area (Å²) in [7, 11) is 0. The number of aliphatic carboxylic acids is 1. The van der Waals surface area contributed by atoms with Crippen molar-refractivity contribution in [3.8, 4) is 0 Å². The predicted octanol–water partition coefficient (Wildman–Crippen LogP) is 2.69. The molecule has 3 rings (SSSR count). The molecule has 0 atom stereocenters. The Morgan fingerprint density at radius 3 is 2.20 bits per heavy atom. The van der Waals surface area contributed by atoms with E-state index >= 15 is 0 Å². The summed E-state index contributed by atoms with van der Waals surface area (Å²) < 4.78 is 52.8. The van der Waals surface area contributed by atoms with Crippen LogP contribution in [0.5, 0.6) is 0 Å². The van der Waals surface area contributed by atoms with Crippen LogP contribution in [0.15, 0.2) is 34.5 Å². The van der Waals surface area contributed by atoms with Gasteiger partial charge in [0.2, 0.25) is 0 Å². The van der Waals surface area contributed by atoms with Gasteiger partial charge in [-0.25, -0.2) is 4.39 Å². The van der Waals surface area contributed by atoms with Crippen LogP contribution in [0.4, 0.5) is 17.6 Å². The second-order valence-electron chi connectivity index (χ2n) is 6.16. The third kappa shape index (κ3) is 2.96. The number of carboxylic acids is 1. The van der Waals surface area contributed by atoms with Crippen molar-refractivity contribution in [1.29, 1.82) is 0 Å². The summed E-state index contributed by atoms with van der Waals surface area (Å²) in [5.41, 5.74) is -4.39. The molecular weight excluding hydrogens is 346 g/mol. The first-order valence-corrected chi connectivity index (χ1v) is 7.38. The smallest absolute Gasteiger partial charge is 0.442 e. The van der Waals surface area contributed by atoms with Crippen LogP contribution in [-0.4, -0.2) is 28.8 Å². The summed E-state index contributed by atoms with van der Waals surface area (Å²) in [6.07, 6.45) is -5.39. The SMILES string of the molecule is O=C(O)C1CC(F)(C(=O)NCc2ccc(C3(C(F)(F)F)N=N3)cc2)C1. The van der Waals surface area contributed by atoms with Gasteiger partial charge in [-0.1, -0.05) is 24.3 Å². The lowest BCUT2D eigenvalue weighted by Crippen LogP contribution is -2.54. The second-order valence-corrected chi connectivity index (χ2v) is 6.16. The van der Waals surface area contributed by atoms with E-state index in [1.165, 1.54) is 24.3 Å². The van der Waals surface area contributed by atoms with Crippen molar-refractivity contribution in [3.05, 3.63) is 35.4 Å². The minimum Gasteiger partial charge on any atom is -0.481 e. The van der Waals surface area contributed by atoms with Crippen molar-refractivity contribution >= 4 is 11.9 Å². The number of carbonyl (C=O) groups is 2. The molecule has 1 aromatic rings. The van der Waals surface area contributed by atoms with Gasteiger partial charge in [0.25, 0.3) is 5.91 Å². The number of carboxylic acid groups (broad SMARTS) is 1. The summed E-state index contributed by atoms with van der Waals surface area (Å²) in [6, 6.07) is 5.12. The van der Waals surface area contributed by atoms with E-state index in [0.29, 0.717) is 5.56 Å². The molecule has 1 aromatic carbocycles. The number of benzene rings is 1. The molecule has 0 bridgehead atoms. The van der Waals surface area contributed by atoms with E-state index in [9.17, 15) is 27.2 Å². The number of alkyl halides is 4. The van der Waals surface area contributed by atoms with E-state index in [2.05, 4.69) is 15.5 Å². The van der Waals surface area contributed by atoms with Crippen molar-refractivity contribution < 1.29 is 32.3 Å². The highest BCUT2D eigenvalue weighted by atomic mass is 19.4. The fourth-order valence-electron chi connectivity index (χ4n) is 2.72. The van der Waals surface area contributed by atoms with E-state index in [0.717, 1.165) is 0 Å². The van der Waals surface area contributed by atoms with E-state index in [1.54, 1.807) is 0 Å². The number of carbonyl (C=O) groups excluding carboxylic acids is 1. The van der Waals surface area contributed by atoms with E-state index in [4.69, 9.17) is 5.11 Å².